The summed E-state index contributed by atoms with van der Waals surface area (Å²) in [7, 11) is 0. The van der Waals surface area contributed by atoms with Crippen molar-refractivity contribution in [2.75, 3.05) is 13.1 Å². The van der Waals surface area contributed by atoms with Crippen LogP contribution in [0.1, 0.15) is 30.5 Å². The van der Waals surface area contributed by atoms with Gasteiger partial charge in [0.05, 0.1) is 23.7 Å². The first-order chi connectivity index (χ1) is 13.4. The summed E-state index contributed by atoms with van der Waals surface area (Å²) in [6, 6.07) is 15.3. The van der Waals surface area contributed by atoms with Gasteiger partial charge in [-0.05, 0) is 55.3 Å². The number of rotatable bonds is 8. The highest BCUT2D eigenvalue weighted by molar-refractivity contribution is 5.71. The molecule has 2 aromatic carbocycles. The van der Waals surface area contributed by atoms with Crippen LogP contribution >= 0.6 is 0 Å². The van der Waals surface area contributed by atoms with Gasteiger partial charge >= 0.3 is 5.97 Å². The van der Waals surface area contributed by atoms with Gasteiger partial charge in [-0.3, -0.25) is 9.69 Å². The Kier molecular flexibility index (Phi) is 6.17. The second-order valence-electron chi connectivity index (χ2n) is 7.31. The minimum absolute atomic E-state index is 0.0347. The van der Waals surface area contributed by atoms with E-state index in [1.807, 2.05) is 44.2 Å². The Balaban J connectivity index is 1.55. The minimum atomic E-state index is -0.720. The van der Waals surface area contributed by atoms with Crippen LogP contribution < -0.4 is 9.47 Å². The zero-order chi connectivity index (χ0) is 20.1. The fourth-order valence-corrected chi connectivity index (χ4v) is 3.12. The second kappa shape index (κ2) is 8.77. The lowest BCUT2D eigenvalue weighted by Crippen LogP contribution is -2.49. The fraction of sp³-hybridized carbons (Fsp3) is 0.364. The maximum Gasteiger partial charge on any atom is 0.309 e. The van der Waals surface area contributed by atoms with Crippen molar-refractivity contribution in [1.29, 1.82) is 5.26 Å². The van der Waals surface area contributed by atoms with Crippen molar-refractivity contribution in [3.63, 3.8) is 0 Å². The third-order valence-electron chi connectivity index (χ3n) is 4.51. The van der Waals surface area contributed by atoms with E-state index in [0.717, 1.165) is 23.4 Å². The van der Waals surface area contributed by atoms with Crippen LogP contribution in [0, 0.1) is 17.2 Å². The van der Waals surface area contributed by atoms with E-state index in [1.54, 1.807) is 12.1 Å². The topological polar surface area (TPSA) is 82.8 Å². The van der Waals surface area contributed by atoms with Crippen molar-refractivity contribution in [2.24, 2.45) is 5.92 Å². The summed E-state index contributed by atoms with van der Waals surface area (Å²) in [5, 5.41) is 18.1. The number of aliphatic carboxylic acids is 1. The monoisotopic (exact) mass is 380 g/mol. The van der Waals surface area contributed by atoms with Gasteiger partial charge in [0.1, 0.15) is 18.1 Å². The lowest BCUT2D eigenvalue weighted by molar-refractivity contribution is -0.147. The van der Waals surface area contributed by atoms with Gasteiger partial charge in [0.25, 0.3) is 0 Å². The van der Waals surface area contributed by atoms with Crippen LogP contribution in [0.2, 0.25) is 0 Å². The van der Waals surface area contributed by atoms with Crippen LogP contribution in [0.25, 0.3) is 0 Å². The normalized spacial score (nSPS) is 14.4. The molecular weight excluding hydrogens is 356 g/mol. The summed E-state index contributed by atoms with van der Waals surface area (Å²) in [5.41, 5.74) is 2.54. The van der Waals surface area contributed by atoms with E-state index in [2.05, 4.69) is 11.0 Å². The molecule has 6 nitrogen and oxygen atoms in total. The third-order valence-corrected chi connectivity index (χ3v) is 4.51. The van der Waals surface area contributed by atoms with Gasteiger partial charge in [-0.15, -0.1) is 0 Å². The van der Waals surface area contributed by atoms with Gasteiger partial charge in [0.15, 0.2) is 0 Å². The molecule has 0 atom stereocenters. The quantitative estimate of drug-likeness (QED) is 0.755. The number of nitrogens with zero attached hydrogens (tertiary/aromatic N) is 2. The molecule has 1 aliphatic heterocycles. The molecule has 6 heteroatoms. The van der Waals surface area contributed by atoms with Gasteiger partial charge in [0, 0.05) is 19.6 Å². The van der Waals surface area contributed by atoms with Crippen LogP contribution in [0.5, 0.6) is 11.5 Å². The van der Waals surface area contributed by atoms with E-state index in [1.165, 1.54) is 0 Å². The Morgan fingerprint density at radius 2 is 1.89 bits per heavy atom. The number of ether oxygens (including phenoxy) is 2. The second-order valence-corrected chi connectivity index (χ2v) is 7.31. The van der Waals surface area contributed by atoms with Crippen LogP contribution in [0.4, 0.5) is 0 Å². The first-order valence-corrected chi connectivity index (χ1v) is 9.30. The molecule has 2 aromatic rings. The van der Waals surface area contributed by atoms with Crippen LogP contribution in [0.3, 0.4) is 0 Å². The maximum atomic E-state index is 10.9. The van der Waals surface area contributed by atoms with Gasteiger partial charge in [0.2, 0.25) is 0 Å². The number of carboxylic acid groups (broad SMARTS) is 1. The predicted octanol–water partition coefficient (Wildman–Crippen LogP) is 3.44. The van der Waals surface area contributed by atoms with Crippen molar-refractivity contribution >= 4 is 5.97 Å². The molecule has 0 spiro atoms. The molecule has 0 aliphatic carbocycles. The van der Waals surface area contributed by atoms with Gasteiger partial charge < -0.3 is 14.6 Å². The maximum absolute atomic E-state index is 10.9. The molecule has 1 N–H and O–H groups in total. The van der Waals surface area contributed by atoms with Gasteiger partial charge in [-0.25, -0.2) is 0 Å². The Labute approximate surface area is 164 Å². The van der Waals surface area contributed by atoms with Crippen molar-refractivity contribution in [3.05, 3.63) is 59.2 Å². The lowest BCUT2D eigenvalue weighted by Gasteiger charge is -2.36. The summed E-state index contributed by atoms with van der Waals surface area (Å²) >= 11 is 0. The summed E-state index contributed by atoms with van der Waals surface area (Å²) in [5.74, 6) is 0.445. The van der Waals surface area contributed by atoms with E-state index in [9.17, 15) is 10.1 Å². The molecular formula is C22H24N2O4. The van der Waals surface area contributed by atoms with Crippen molar-refractivity contribution in [2.45, 2.75) is 33.1 Å². The number of nitriles is 1. The Bertz CT molecular complexity index is 865. The molecule has 0 unspecified atom stereocenters. The van der Waals surface area contributed by atoms with Crippen molar-refractivity contribution < 1.29 is 19.4 Å². The lowest BCUT2D eigenvalue weighted by atomic mass is 10.00. The predicted molar refractivity (Wildman–Crippen MR) is 104 cm³/mol. The zero-order valence-electron chi connectivity index (χ0n) is 16.1. The highest BCUT2D eigenvalue weighted by Gasteiger charge is 2.32. The largest absolute Gasteiger partial charge is 0.491 e. The number of hydrogen-bond donors (Lipinski definition) is 1. The first kappa shape index (κ1) is 19.7. The zero-order valence-corrected chi connectivity index (χ0v) is 16.1. The molecule has 0 amide bonds. The Hall–Kier alpha value is -3.04. The van der Waals surface area contributed by atoms with E-state index in [0.29, 0.717) is 31.0 Å². The number of carbonyl (C=O) groups is 1. The number of hydrogen-bond acceptors (Lipinski definition) is 5. The van der Waals surface area contributed by atoms with Crippen LogP contribution in [-0.4, -0.2) is 35.2 Å². The Morgan fingerprint density at radius 1 is 1.18 bits per heavy atom. The molecule has 0 bridgehead atoms. The Morgan fingerprint density at radius 3 is 2.50 bits per heavy atom. The summed E-state index contributed by atoms with van der Waals surface area (Å²) in [6.45, 7) is 6.17. The fourth-order valence-electron chi connectivity index (χ4n) is 3.12. The van der Waals surface area contributed by atoms with Crippen LogP contribution in [-0.2, 0) is 17.9 Å². The van der Waals surface area contributed by atoms with Gasteiger partial charge in [-0.2, -0.15) is 5.26 Å². The highest BCUT2D eigenvalue weighted by atomic mass is 16.5. The van der Waals surface area contributed by atoms with E-state index in [-0.39, 0.29) is 12.0 Å². The molecule has 0 saturated carbocycles. The third kappa shape index (κ3) is 5.24. The van der Waals surface area contributed by atoms with Crippen LogP contribution in [0.15, 0.2) is 42.5 Å². The SMILES string of the molecule is CC(C)Oc1cc(C#N)cc(COc2ccc(CN3CC(C(=O)O)C3)cc2)c1. The molecule has 146 valence electrons. The molecule has 1 heterocycles. The first-order valence-electron chi connectivity index (χ1n) is 9.30. The van der Waals surface area contributed by atoms with E-state index >= 15 is 0 Å². The molecule has 28 heavy (non-hydrogen) atoms. The number of likely N-dealkylation sites (tertiary alicyclic amines) is 1. The van der Waals surface area contributed by atoms with Crippen molar-refractivity contribution in [3.8, 4) is 17.6 Å². The average molecular weight is 380 g/mol. The molecule has 1 aliphatic rings. The van der Waals surface area contributed by atoms with E-state index in [4.69, 9.17) is 14.6 Å². The molecule has 0 radical (unpaired) electrons. The molecule has 1 fully saturated rings. The summed E-state index contributed by atoms with van der Waals surface area (Å²) < 4.78 is 11.5. The van der Waals surface area contributed by atoms with Gasteiger partial charge in [-0.1, -0.05) is 12.1 Å². The molecule has 0 aromatic heterocycles. The molecule has 3 rings (SSSR count). The smallest absolute Gasteiger partial charge is 0.309 e. The highest BCUT2D eigenvalue weighted by Crippen LogP contribution is 2.22. The molecule has 1 saturated heterocycles. The summed E-state index contributed by atoms with van der Waals surface area (Å²) in [6.07, 6.45) is 0.0347. The van der Waals surface area contributed by atoms with E-state index < -0.39 is 5.97 Å². The number of benzene rings is 2. The van der Waals surface area contributed by atoms with Crippen molar-refractivity contribution in [1.82, 2.24) is 4.90 Å². The minimum Gasteiger partial charge on any atom is -0.491 e. The summed E-state index contributed by atoms with van der Waals surface area (Å²) in [4.78, 5) is 13.0. The average Bonchev–Trinajstić information content (AvgIpc) is 2.62. The number of carboxylic acids is 1. The standard InChI is InChI=1S/C22H24N2O4/c1-15(2)28-21-8-17(10-23)7-18(9-21)14-27-20-5-3-16(4-6-20)11-24-12-19(13-24)22(25)26/h3-9,15,19H,11-14H2,1-2H3,(H,25,26).